The molecule has 0 unspecified atom stereocenters. The van der Waals surface area contributed by atoms with Crippen LogP contribution >= 0.6 is 0 Å². The molecule has 3 nitrogen and oxygen atoms in total. The maximum absolute atomic E-state index is 5.61. The van der Waals surface area contributed by atoms with Crippen LogP contribution in [0.2, 0.25) is 0 Å². The first kappa shape index (κ1) is 11.8. The first-order valence-corrected chi connectivity index (χ1v) is 4.94. The fourth-order valence-electron chi connectivity index (χ4n) is 1.14. The molecule has 0 saturated heterocycles. The maximum atomic E-state index is 5.61. The van der Waals surface area contributed by atoms with Crippen LogP contribution in [0.1, 0.15) is 11.1 Å². The molecule has 0 saturated carbocycles. The van der Waals surface area contributed by atoms with Gasteiger partial charge >= 0.3 is 0 Å². The van der Waals surface area contributed by atoms with E-state index in [0.29, 0.717) is 6.54 Å². The molecule has 0 heterocycles. The average Bonchev–Trinajstić information content (AvgIpc) is 2.28. The van der Waals surface area contributed by atoms with Crippen molar-refractivity contribution in [1.82, 2.24) is 0 Å². The molecule has 0 aliphatic carbocycles. The van der Waals surface area contributed by atoms with Crippen molar-refractivity contribution in [3.63, 3.8) is 0 Å². The topological polar surface area (TPSA) is 44.5 Å². The van der Waals surface area contributed by atoms with Gasteiger partial charge in [-0.25, -0.2) is 0 Å². The van der Waals surface area contributed by atoms with E-state index in [-0.39, 0.29) is 6.79 Å². The zero-order valence-electron chi connectivity index (χ0n) is 8.54. The molecule has 4 heteroatoms. The van der Waals surface area contributed by atoms with Gasteiger partial charge in [0.1, 0.15) is 16.0 Å². The SMILES string of the molecule is COCOc1ccc(C#C[Si])c(CN)c1. The number of nitrogens with two attached hydrogens (primary N) is 1. The van der Waals surface area contributed by atoms with Gasteiger partial charge in [0.2, 0.25) is 0 Å². The summed E-state index contributed by atoms with van der Waals surface area (Å²) < 4.78 is 10.1. The van der Waals surface area contributed by atoms with Crippen molar-refractivity contribution in [3.8, 4) is 17.2 Å². The van der Waals surface area contributed by atoms with E-state index in [1.165, 1.54) is 0 Å². The van der Waals surface area contributed by atoms with E-state index in [2.05, 4.69) is 21.7 Å². The summed E-state index contributed by atoms with van der Waals surface area (Å²) in [6, 6.07) is 5.58. The van der Waals surface area contributed by atoms with Crippen LogP contribution in [0.4, 0.5) is 0 Å². The molecule has 0 aliphatic heterocycles. The van der Waals surface area contributed by atoms with Crippen LogP contribution in [0, 0.1) is 11.5 Å². The van der Waals surface area contributed by atoms with E-state index in [1.54, 1.807) is 7.11 Å². The zero-order valence-corrected chi connectivity index (χ0v) is 9.54. The van der Waals surface area contributed by atoms with Gasteiger partial charge in [-0.05, 0) is 23.8 Å². The molecule has 0 aliphatic rings. The Bertz CT molecular complexity index is 382. The van der Waals surface area contributed by atoms with E-state index < -0.39 is 0 Å². The normalized spacial score (nSPS) is 9.27. The lowest BCUT2D eigenvalue weighted by molar-refractivity contribution is 0.0511. The van der Waals surface area contributed by atoms with Crippen molar-refractivity contribution in [2.24, 2.45) is 5.73 Å². The van der Waals surface area contributed by atoms with Crippen LogP contribution in [0.5, 0.6) is 5.75 Å². The van der Waals surface area contributed by atoms with Gasteiger partial charge in [-0.15, -0.1) is 5.54 Å². The Morgan fingerprint density at radius 2 is 2.27 bits per heavy atom. The van der Waals surface area contributed by atoms with Gasteiger partial charge in [-0.1, -0.05) is 5.92 Å². The molecule has 0 atom stereocenters. The van der Waals surface area contributed by atoms with E-state index in [0.717, 1.165) is 16.9 Å². The third kappa shape index (κ3) is 3.40. The Balaban J connectivity index is 2.90. The maximum Gasteiger partial charge on any atom is 0.188 e. The predicted molar refractivity (Wildman–Crippen MR) is 59.5 cm³/mol. The summed E-state index contributed by atoms with van der Waals surface area (Å²) in [5.41, 5.74) is 10.1. The molecule has 0 bridgehead atoms. The van der Waals surface area contributed by atoms with Crippen LogP contribution in [0.25, 0.3) is 0 Å². The van der Waals surface area contributed by atoms with Gasteiger partial charge in [0, 0.05) is 19.2 Å². The highest BCUT2D eigenvalue weighted by Gasteiger charge is 2.01. The lowest BCUT2D eigenvalue weighted by atomic mass is 10.1. The third-order valence-corrected chi connectivity index (χ3v) is 1.96. The summed E-state index contributed by atoms with van der Waals surface area (Å²) in [6.45, 7) is 0.660. The molecule has 1 aromatic rings. The zero-order chi connectivity index (χ0) is 11.1. The van der Waals surface area contributed by atoms with Crippen LogP contribution in [-0.2, 0) is 11.3 Å². The quantitative estimate of drug-likeness (QED) is 0.457. The van der Waals surface area contributed by atoms with Crippen LogP contribution in [-0.4, -0.2) is 24.1 Å². The monoisotopic (exact) mass is 218 g/mol. The number of benzene rings is 1. The smallest absolute Gasteiger partial charge is 0.188 e. The lowest BCUT2D eigenvalue weighted by Crippen LogP contribution is -2.03. The molecule has 0 spiro atoms. The standard InChI is InChI=1S/C11H12NO2Si/c1-13-8-14-11-3-2-9(4-5-15)10(6-11)7-12/h2-3,6H,7-8,12H2,1H3. The van der Waals surface area contributed by atoms with Crippen LogP contribution in [0.15, 0.2) is 18.2 Å². The summed E-state index contributed by atoms with van der Waals surface area (Å²) >= 11 is 0. The summed E-state index contributed by atoms with van der Waals surface area (Å²) in [5, 5.41) is 0. The Labute approximate surface area is 93.0 Å². The van der Waals surface area contributed by atoms with Gasteiger partial charge in [-0.2, -0.15) is 0 Å². The Morgan fingerprint density at radius 3 is 2.87 bits per heavy atom. The average molecular weight is 218 g/mol. The highest BCUT2D eigenvalue weighted by Crippen LogP contribution is 2.17. The summed E-state index contributed by atoms with van der Waals surface area (Å²) in [4.78, 5) is 0. The number of hydrogen-bond donors (Lipinski definition) is 1. The first-order chi connectivity index (χ1) is 7.31. The Kier molecular flexibility index (Phi) is 4.91. The minimum absolute atomic E-state index is 0.229. The van der Waals surface area contributed by atoms with Gasteiger partial charge in [0.25, 0.3) is 0 Å². The molecule has 0 aromatic heterocycles. The van der Waals surface area contributed by atoms with Crippen molar-refractivity contribution < 1.29 is 9.47 Å². The fraction of sp³-hybridized carbons (Fsp3) is 0.273. The van der Waals surface area contributed by atoms with Crippen LogP contribution < -0.4 is 10.5 Å². The van der Waals surface area contributed by atoms with Crippen LogP contribution in [0.3, 0.4) is 0 Å². The molecule has 15 heavy (non-hydrogen) atoms. The van der Waals surface area contributed by atoms with Gasteiger partial charge in [0.05, 0.1) is 0 Å². The minimum Gasteiger partial charge on any atom is -0.468 e. The van der Waals surface area contributed by atoms with E-state index in [9.17, 15) is 0 Å². The Morgan fingerprint density at radius 1 is 1.47 bits per heavy atom. The second-order valence-electron chi connectivity index (χ2n) is 2.82. The number of rotatable bonds is 4. The van der Waals surface area contributed by atoms with Gasteiger partial charge < -0.3 is 15.2 Å². The molecule has 3 radical (unpaired) electrons. The molecule has 0 amide bonds. The fourth-order valence-corrected chi connectivity index (χ4v) is 1.28. The van der Waals surface area contributed by atoms with Gasteiger partial charge in [-0.3, -0.25) is 0 Å². The third-order valence-electron chi connectivity index (χ3n) is 1.84. The first-order valence-electron chi connectivity index (χ1n) is 4.44. The number of ether oxygens (including phenoxy) is 2. The molecule has 77 valence electrons. The predicted octanol–water partition coefficient (Wildman–Crippen LogP) is 0.606. The van der Waals surface area contributed by atoms with Crippen molar-refractivity contribution in [2.75, 3.05) is 13.9 Å². The summed E-state index contributed by atoms with van der Waals surface area (Å²) in [7, 11) is 4.68. The minimum atomic E-state index is 0.229. The molecule has 1 rings (SSSR count). The van der Waals surface area contributed by atoms with Crippen molar-refractivity contribution in [3.05, 3.63) is 29.3 Å². The summed E-state index contributed by atoms with van der Waals surface area (Å²) in [5.74, 6) is 3.64. The van der Waals surface area contributed by atoms with Crippen molar-refractivity contribution >= 4 is 10.2 Å². The molecule has 0 fully saturated rings. The highest BCUT2D eigenvalue weighted by atomic mass is 28.1. The van der Waals surface area contributed by atoms with E-state index >= 15 is 0 Å². The second kappa shape index (κ2) is 6.25. The molecular weight excluding hydrogens is 206 g/mol. The Hall–Kier alpha value is -1.28. The number of hydrogen-bond acceptors (Lipinski definition) is 3. The second-order valence-corrected chi connectivity index (χ2v) is 3.07. The lowest BCUT2D eigenvalue weighted by Gasteiger charge is -2.07. The molecular formula is C11H12NO2Si. The van der Waals surface area contributed by atoms with Crippen molar-refractivity contribution in [1.29, 1.82) is 0 Å². The number of methoxy groups -OCH3 is 1. The van der Waals surface area contributed by atoms with Gasteiger partial charge in [0.15, 0.2) is 6.79 Å². The van der Waals surface area contributed by atoms with E-state index in [4.69, 9.17) is 15.2 Å². The van der Waals surface area contributed by atoms with Crippen molar-refractivity contribution in [2.45, 2.75) is 6.54 Å². The molecule has 2 N–H and O–H groups in total. The largest absolute Gasteiger partial charge is 0.468 e. The summed E-state index contributed by atoms with van der Waals surface area (Å²) in [6.07, 6.45) is 0. The van der Waals surface area contributed by atoms with E-state index in [1.807, 2.05) is 18.2 Å². The molecule has 1 aromatic carbocycles. The highest BCUT2D eigenvalue weighted by molar-refractivity contribution is 6.22.